The molecule has 5 nitrogen and oxygen atoms in total. The lowest BCUT2D eigenvalue weighted by Crippen LogP contribution is -2.21. The zero-order valence-corrected chi connectivity index (χ0v) is 11.8. The van der Waals surface area contributed by atoms with Crippen LogP contribution in [0.15, 0.2) is 36.5 Å². The average Bonchev–Trinajstić information content (AvgIpc) is 3.13. The molecule has 2 N–H and O–H groups in total. The normalized spacial score (nSPS) is 18.3. The quantitative estimate of drug-likeness (QED) is 0.762. The van der Waals surface area contributed by atoms with Gasteiger partial charge in [0.05, 0.1) is 17.1 Å². The van der Waals surface area contributed by atoms with Crippen LogP contribution in [0, 0.1) is 5.82 Å². The van der Waals surface area contributed by atoms with Gasteiger partial charge in [0.2, 0.25) is 0 Å². The summed E-state index contributed by atoms with van der Waals surface area (Å²) in [5.74, 6) is 1.23. The first-order valence-electron chi connectivity index (χ1n) is 7.24. The predicted octanol–water partition coefficient (Wildman–Crippen LogP) is 2.33. The minimum atomic E-state index is -0.288. The zero-order valence-electron chi connectivity index (χ0n) is 11.8. The Balaban J connectivity index is 1.64. The maximum Gasteiger partial charge on any atom is 0.140 e. The van der Waals surface area contributed by atoms with Crippen molar-refractivity contribution in [2.24, 2.45) is 0 Å². The second-order valence-corrected chi connectivity index (χ2v) is 5.54. The Morgan fingerprint density at radius 1 is 1.27 bits per heavy atom. The van der Waals surface area contributed by atoms with Crippen molar-refractivity contribution in [1.29, 1.82) is 0 Å². The molecule has 1 aliphatic heterocycles. The monoisotopic (exact) mass is 298 g/mol. The number of anilines is 1. The highest BCUT2D eigenvalue weighted by molar-refractivity contribution is 5.79. The fourth-order valence-corrected chi connectivity index (χ4v) is 2.78. The van der Waals surface area contributed by atoms with Crippen molar-refractivity contribution in [3.63, 3.8) is 0 Å². The second kappa shape index (κ2) is 5.06. The fraction of sp³-hybridized carbons (Fsp3) is 0.250. The van der Waals surface area contributed by atoms with E-state index < -0.39 is 0 Å². The van der Waals surface area contributed by atoms with E-state index in [1.807, 2.05) is 12.1 Å². The molecule has 112 valence electrons. The summed E-state index contributed by atoms with van der Waals surface area (Å²) in [6.45, 7) is 1.44. The Kier molecular flexibility index (Phi) is 3.04. The first-order chi connectivity index (χ1) is 10.7. The number of aromatic amines is 1. The van der Waals surface area contributed by atoms with Gasteiger partial charge in [-0.3, -0.25) is 0 Å². The number of pyridine rings is 1. The van der Waals surface area contributed by atoms with E-state index in [0.717, 1.165) is 29.9 Å². The van der Waals surface area contributed by atoms with E-state index in [4.69, 9.17) is 0 Å². The van der Waals surface area contributed by atoms with E-state index in [1.165, 1.54) is 12.1 Å². The van der Waals surface area contributed by atoms with Gasteiger partial charge in [0.1, 0.15) is 17.5 Å². The topological polar surface area (TPSA) is 65.0 Å². The summed E-state index contributed by atoms with van der Waals surface area (Å²) in [4.78, 5) is 14.0. The Labute approximate surface area is 126 Å². The van der Waals surface area contributed by atoms with Crippen LogP contribution in [0.2, 0.25) is 0 Å². The number of imidazole rings is 1. The molecule has 1 unspecified atom stereocenters. The smallest absolute Gasteiger partial charge is 0.140 e. The number of hydrogen-bond donors (Lipinski definition) is 2. The third kappa shape index (κ3) is 2.31. The van der Waals surface area contributed by atoms with Gasteiger partial charge >= 0.3 is 0 Å². The summed E-state index contributed by atoms with van der Waals surface area (Å²) in [6.07, 6.45) is 2.25. The lowest BCUT2D eigenvalue weighted by molar-refractivity contribution is 0.198. The first-order valence-corrected chi connectivity index (χ1v) is 7.24. The number of hydrogen-bond acceptors (Lipinski definition) is 4. The molecular weight excluding hydrogens is 283 g/mol. The Hall–Kier alpha value is -2.47. The highest BCUT2D eigenvalue weighted by Crippen LogP contribution is 2.23. The molecule has 3 aromatic rings. The zero-order chi connectivity index (χ0) is 15.1. The number of fused-ring (bicyclic) bond motifs is 1. The predicted molar refractivity (Wildman–Crippen MR) is 82.1 cm³/mol. The maximum atomic E-state index is 13.2. The molecular formula is C16H15FN4O. The van der Waals surface area contributed by atoms with Crippen LogP contribution in [0.4, 0.5) is 10.2 Å². The third-order valence-corrected chi connectivity index (χ3v) is 3.95. The van der Waals surface area contributed by atoms with E-state index in [0.29, 0.717) is 17.9 Å². The number of halogens is 1. The number of aromatic nitrogens is 3. The molecule has 1 fully saturated rings. The molecule has 0 saturated carbocycles. The molecule has 0 aliphatic carbocycles. The van der Waals surface area contributed by atoms with Gasteiger partial charge in [0, 0.05) is 24.8 Å². The molecule has 2 aromatic heterocycles. The minimum Gasteiger partial charge on any atom is -0.391 e. The molecule has 6 heteroatoms. The van der Waals surface area contributed by atoms with Crippen LogP contribution in [0.1, 0.15) is 6.42 Å². The van der Waals surface area contributed by atoms with Crippen molar-refractivity contribution in [1.82, 2.24) is 15.0 Å². The van der Waals surface area contributed by atoms with Crippen molar-refractivity contribution < 1.29 is 9.50 Å². The van der Waals surface area contributed by atoms with Gasteiger partial charge in [0.25, 0.3) is 0 Å². The molecule has 1 saturated heterocycles. The van der Waals surface area contributed by atoms with Gasteiger partial charge in [0.15, 0.2) is 0 Å². The molecule has 0 radical (unpaired) electrons. The fourth-order valence-electron chi connectivity index (χ4n) is 2.78. The summed E-state index contributed by atoms with van der Waals surface area (Å²) in [6, 6.07) is 8.33. The van der Waals surface area contributed by atoms with Crippen molar-refractivity contribution >= 4 is 16.9 Å². The lowest BCUT2D eigenvalue weighted by atomic mass is 10.2. The Morgan fingerprint density at radius 2 is 2.18 bits per heavy atom. The number of rotatable bonds is 2. The molecule has 3 heterocycles. The molecule has 1 atom stereocenters. The molecule has 1 aliphatic rings. The van der Waals surface area contributed by atoms with Crippen molar-refractivity contribution in [2.75, 3.05) is 18.0 Å². The molecule has 0 amide bonds. The first kappa shape index (κ1) is 13.2. The van der Waals surface area contributed by atoms with E-state index in [2.05, 4.69) is 19.9 Å². The van der Waals surface area contributed by atoms with Crippen LogP contribution in [-0.4, -0.2) is 39.3 Å². The van der Waals surface area contributed by atoms with Crippen molar-refractivity contribution in [3.8, 4) is 11.4 Å². The van der Waals surface area contributed by atoms with Crippen LogP contribution < -0.4 is 4.90 Å². The summed E-state index contributed by atoms with van der Waals surface area (Å²) >= 11 is 0. The molecule has 4 rings (SSSR count). The SMILES string of the molecule is OC1CCN(c2ccc(-c3nc4ccc(F)cc4[nH]3)cn2)C1. The van der Waals surface area contributed by atoms with E-state index in [1.54, 1.807) is 12.3 Å². The summed E-state index contributed by atoms with van der Waals surface area (Å²) in [7, 11) is 0. The van der Waals surface area contributed by atoms with Gasteiger partial charge in [-0.05, 0) is 36.8 Å². The standard InChI is InChI=1S/C16H15FN4O/c17-11-2-3-13-14(7-11)20-16(19-13)10-1-4-15(18-8-10)21-6-5-12(22)9-21/h1-4,7-8,12,22H,5-6,9H2,(H,19,20). The van der Waals surface area contributed by atoms with Crippen LogP contribution in [-0.2, 0) is 0 Å². The van der Waals surface area contributed by atoms with Gasteiger partial charge in [-0.25, -0.2) is 14.4 Å². The molecule has 22 heavy (non-hydrogen) atoms. The summed E-state index contributed by atoms with van der Waals surface area (Å²) in [5.41, 5.74) is 2.24. The number of aliphatic hydroxyl groups is 1. The lowest BCUT2D eigenvalue weighted by Gasteiger charge is -2.16. The number of aliphatic hydroxyl groups excluding tert-OH is 1. The number of benzene rings is 1. The molecule has 0 bridgehead atoms. The third-order valence-electron chi connectivity index (χ3n) is 3.95. The van der Waals surface area contributed by atoms with Gasteiger partial charge in [-0.2, -0.15) is 0 Å². The van der Waals surface area contributed by atoms with E-state index in [9.17, 15) is 9.50 Å². The van der Waals surface area contributed by atoms with Gasteiger partial charge in [-0.15, -0.1) is 0 Å². The maximum absolute atomic E-state index is 13.2. The number of nitrogens with zero attached hydrogens (tertiary/aromatic N) is 3. The molecule has 1 aromatic carbocycles. The van der Waals surface area contributed by atoms with Crippen LogP contribution in [0.25, 0.3) is 22.4 Å². The minimum absolute atomic E-state index is 0.272. The largest absolute Gasteiger partial charge is 0.391 e. The van der Waals surface area contributed by atoms with Crippen molar-refractivity contribution in [3.05, 3.63) is 42.3 Å². The highest BCUT2D eigenvalue weighted by atomic mass is 19.1. The Morgan fingerprint density at radius 3 is 2.91 bits per heavy atom. The number of nitrogens with one attached hydrogen (secondary N) is 1. The van der Waals surface area contributed by atoms with Crippen LogP contribution in [0.3, 0.4) is 0 Å². The summed E-state index contributed by atoms with van der Waals surface area (Å²) < 4.78 is 13.2. The number of H-pyrrole nitrogens is 1. The highest BCUT2D eigenvalue weighted by Gasteiger charge is 2.21. The van der Waals surface area contributed by atoms with E-state index in [-0.39, 0.29) is 11.9 Å². The summed E-state index contributed by atoms with van der Waals surface area (Å²) in [5, 5.41) is 9.58. The van der Waals surface area contributed by atoms with Crippen molar-refractivity contribution in [2.45, 2.75) is 12.5 Å². The molecule has 0 spiro atoms. The van der Waals surface area contributed by atoms with Gasteiger partial charge in [-0.1, -0.05) is 0 Å². The van der Waals surface area contributed by atoms with Gasteiger partial charge < -0.3 is 15.0 Å². The van der Waals surface area contributed by atoms with Crippen LogP contribution >= 0.6 is 0 Å². The van der Waals surface area contributed by atoms with Crippen LogP contribution in [0.5, 0.6) is 0 Å². The second-order valence-electron chi connectivity index (χ2n) is 5.54. The Bertz CT molecular complexity index is 815. The van der Waals surface area contributed by atoms with E-state index >= 15 is 0 Å². The number of β-amino-alcohol motifs (C(OH)–C–C–N with tert-alkyl or cyclic N) is 1. The average molecular weight is 298 g/mol.